The highest BCUT2D eigenvalue weighted by Gasteiger charge is 1.56. The first-order chi connectivity index (χ1) is 2.41. The Morgan fingerprint density at radius 1 is 1.80 bits per heavy atom. The molecule has 0 heterocycles. The Hall–Kier alpha value is -0.530. The summed E-state index contributed by atoms with van der Waals surface area (Å²) < 4.78 is 10.8. The highest BCUT2D eigenvalue weighted by Crippen LogP contribution is 1.62. The van der Waals surface area contributed by atoms with Gasteiger partial charge in [-0.3, -0.25) is 0 Å². The number of nitrogens with two attached hydrogens (primary N) is 1. The minimum absolute atomic E-state index is 0.462. The van der Waals surface area contributed by atoms with Crippen LogP contribution < -0.4 is 5.73 Å². The molecule has 0 aromatic heterocycles. The van der Waals surface area contributed by atoms with Gasteiger partial charge in [-0.25, -0.2) is 4.39 Å². The maximum absolute atomic E-state index is 10.8. The third kappa shape index (κ3) is 3.47. The lowest BCUT2D eigenvalue weighted by Crippen LogP contribution is -1.74. The average molecular weight is 75.1 g/mol. The SMILES string of the molecule is N/C=C/CF. The van der Waals surface area contributed by atoms with Crippen molar-refractivity contribution >= 4 is 0 Å². The van der Waals surface area contributed by atoms with E-state index in [-0.39, 0.29) is 0 Å². The maximum Gasteiger partial charge on any atom is 0.109 e. The molecule has 1 nitrogen and oxygen atoms in total. The molecule has 0 saturated carbocycles. The van der Waals surface area contributed by atoms with Crippen molar-refractivity contribution in [1.29, 1.82) is 0 Å². The second-order valence-corrected chi connectivity index (χ2v) is 0.582. The molecular weight excluding hydrogens is 69.0 g/mol. The predicted molar refractivity (Wildman–Crippen MR) is 19.3 cm³/mol. The van der Waals surface area contributed by atoms with Crippen LogP contribution in [0, 0.1) is 0 Å². The molecule has 2 N–H and O–H groups in total. The molecule has 0 aliphatic heterocycles. The van der Waals surface area contributed by atoms with E-state index in [0.29, 0.717) is 0 Å². The minimum Gasteiger partial charge on any atom is -0.405 e. The molecule has 0 aromatic rings. The van der Waals surface area contributed by atoms with E-state index < -0.39 is 6.67 Å². The van der Waals surface area contributed by atoms with Gasteiger partial charge < -0.3 is 5.73 Å². The first-order valence-electron chi connectivity index (χ1n) is 1.34. The summed E-state index contributed by atoms with van der Waals surface area (Å²) in [6, 6.07) is 0. The lowest BCUT2D eigenvalue weighted by molar-refractivity contribution is 0.561. The van der Waals surface area contributed by atoms with Crippen molar-refractivity contribution in [3.05, 3.63) is 12.3 Å². The molecule has 0 aromatic carbocycles. The van der Waals surface area contributed by atoms with Crippen molar-refractivity contribution in [2.75, 3.05) is 6.67 Å². The summed E-state index contributed by atoms with van der Waals surface area (Å²) in [4.78, 5) is 0. The fraction of sp³-hybridized carbons (Fsp3) is 0.333. The molecule has 0 rings (SSSR count). The fourth-order valence-electron chi connectivity index (χ4n) is 0.0514. The van der Waals surface area contributed by atoms with Gasteiger partial charge in [-0.15, -0.1) is 0 Å². The van der Waals surface area contributed by atoms with Gasteiger partial charge in [0, 0.05) is 0 Å². The average Bonchev–Trinajstić information content (AvgIpc) is 1.41. The Morgan fingerprint density at radius 3 is 2.40 bits per heavy atom. The van der Waals surface area contributed by atoms with Gasteiger partial charge in [-0.2, -0.15) is 0 Å². The molecule has 0 bridgehead atoms. The van der Waals surface area contributed by atoms with Crippen LogP contribution in [0.4, 0.5) is 4.39 Å². The second-order valence-electron chi connectivity index (χ2n) is 0.582. The van der Waals surface area contributed by atoms with E-state index in [1.54, 1.807) is 0 Å². The molecule has 0 fully saturated rings. The molecular formula is C3H6FN. The number of halogens is 1. The van der Waals surface area contributed by atoms with Crippen molar-refractivity contribution in [2.24, 2.45) is 5.73 Å². The zero-order valence-electron chi connectivity index (χ0n) is 2.82. The number of hydrogen-bond acceptors (Lipinski definition) is 1. The van der Waals surface area contributed by atoms with Crippen LogP contribution in [0.5, 0.6) is 0 Å². The van der Waals surface area contributed by atoms with Crippen molar-refractivity contribution < 1.29 is 4.39 Å². The minimum atomic E-state index is -0.462. The van der Waals surface area contributed by atoms with Gasteiger partial charge in [0.15, 0.2) is 0 Å². The number of alkyl halides is 1. The largest absolute Gasteiger partial charge is 0.405 e. The summed E-state index contributed by atoms with van der Waals surface area (Å²) in [5.74, 6) is 0. The summed E-state index contributed by atoms with van der Waals surface area (Å²) >= 11 is 0. The fourth-order valence-corrected chi connectivity index (χ4v) is 0.0514. The van der Waals surface area contributed by atoms with Gasteiger partial charge >= 0.3 is 0 Å². The highest BCUT2D eigenvalue weighted by atomic mass is 19.1. The predicted octanol–water partition coefficient (Wildman–Crippen LogP) is 0.428. The van der Waals surface area contributed by atoms with Crippen molar-refractivity contribution in [3.8, 4) is 0 Å². The zero-order valence-corrected chi connectivity index (χ0v) is 2.82. The number of hydrogen-bond donors (Lipinski definition) is 1. The molecule has 5 heavy (non-hydrogen) atoms. The van der Waals surface area contributed by atoms with Crippen LogP contribution in [-0.2, 0) is 0 Å². The van der Waals surface area contributed by atoms with Crippen LogP contribution in [0.1, 0.15) is 0 Å². The Morgan fingerprint density at radius 2 is 2.40 bits per heavy atom. The van der Waals surface area contributed by atoms with Gasteiger partial charge in [0.05, 0.1) is 0 Å². The Labute approximate surface area is 30.3 Å². The third-order valence-electron chi connectivity index (χ3n) is 0.225. The summed E-state index contributed by atoms with van der Waals surface area (Å²) in [7, 11) is 0. The van der Waals surface area contributed by atoms with Crippen LogP contribution in [-0.4, -0.2) is 6.67 Å². The van der Waals surface area contributed by atoms with Crippen LogP contribution in [0.15, 0.2) is 12.3 Å². The van der Waals surface area contributed by atoms with E-state index in [0.717, 1.165) is 0 Å². The van der Waals surface area contributed by atoms with E-state index >= 15 is 0 Å². The van der Waals surface area contributed by atoms with E-state index in [2.05, 4.69) is 0 Å². The molecule has 0 aliphatic rings. The molecule has 0 aliphatic carbocycles. The van der Waals surface area contributed by atoms with Crippen LogP contribution in [0.2, 0.25) is 0 Å². The summed E-state index contributed by atoms with van der Waals surface area (Å²) in [6.07, 6.45) is 2.42. The van der Waals surface area contributed by atoms with Crippen molar-refractivity contribution in [1.82, 2.24) is 0 Å². The lowest BCUT2D eigenvalue weighted by Gasteiger charge is -1.63. The molecule has 0 unspecified atom stereocenters. The summed E-state index contributed by atoms with van der Waals surface area (Å²) in [5, 5.41) is 0. The normalized spacial score (nSPS) is 9.80. The van der Waals surface area contributed by atoms with E-state index in [4.69, 9.17) is 5.73 Å². The van der Waals surface area contributed by atoms with Gasteiger partial charge in [-0.1, -0.05) is 0 Å². The van der Waals surface area contributed by atoms with Crippen molar-refractivity contribution in [3.63, 3.8) is 0 Å². The zero-order chi connectivity index (χ0) is 4.12. The Kier molecular flexibility index (Phi) is 3.10. The lowest BCUT2D eigenvalue weighted by atomic mass is 10.7. The van der Waals surface area contributed by atoms with Gasteiger partial charge in [0.1, 0.15) is 6.67 Å². The first kappa shape index (κ1) is 4.47. The maximum atomic E-state index is 10.8. The molecule has 0 atom stereocenters. The molecule has 30 valence electrons. The molecule has 0 spiro atoms. The highest BCUT2D eigenvalue weighted by molar-refractivity contribution is 4.73. The standard InChI is InChI=1S/C3H6FN/c4-2-1-3-5/h1,3H,2,5H2/b3-1+. The van der Waals surface area contributed by atoms with Gasteiger partial charge in [-0.05, 0) is 12.3 Å². The number of allylic oxidation sites excluding steroid dienone is 1. The molecule has 0 amide bonds. The van der Waals surface area contributed by atoms with Crippen LogP contribution in [0.25, 0.3) is 0 Å². The van der Waals surface area contributed by atoms with Crippen LogP contribution >= 0.6 is 0 Å². The summed E-state index contributed by atoms with van der Waals surface area (Å²) in [5.41, 5.74) is 4.72. The number of rotatable bonds is 1. The quantitative estimate of drug-likeness (QED) is 0.480. The third-order valence-corrected chi connectivity index (χ3v) is 0.225. The summed E-state index contributed by atoms with van der Waals surface area (Å²) in [6.45, 7) is -0.462. The Balaban J connectivity index is 2.62. The molecule has 2 heteroatoms. The van der Waals surface area contributed by atoms with Gasteiger partial charge in [0.25, 0.3) is 0 Å². The molecule has 0 saturated heterocycles. The smallest absolute Gasteiger partial charge is 0.109 e. The first-order valence-corrected chi connectivity index (χ1v) is 1.34. The van der Waals surface area contributed by atoms with Crippen LogP contribution in [0.3, 0.4) is 0 Å². The van der Waals surface area contributed by atoms with Gasteiger partial charge in [0.2, 0.25) is 0 Å². The second kappa shape index (κ2) is 3.47. The topological polar surface area (TPSA) is 26.0 Å². The molecule has 0 radical (unpaired) electrons. The van der Waals surface area contributed by atoms with E-state index in [9.17, 15) is 4.39 Å². The van der Waals surface area contributed by atoms with E-state index in [1.807, 2.05) is 0 Å². The van der Waals surface area contributed by atoms with E-state index in [1.165, 1.54) is 12.3 Å². The van der Waals surface area contributed by atoms with Crippen molar-refractivity contribution in [2.45, 2.75) is 0 Å². The monoisotopic (exact) mass is 75.0 g/mol. The Bertz CT molecular complexity index is 33.9.